The fraction of sp³-hybridized carbons (Fsp3) is 0.619. The van der Waals surface area contributed by atoms with Gasteiger partial charge < -0.3 is 4.74 Å². The van der Waals surface area contributed by atoms with Crippen LogP contribution in [-0.2, 0) is 11.3 Å². The molecule has 0 amide bonds. The zero-order chi connectivity index (χ0) is 17.6. The standard InChI is InChI=1S/C21H34NO2/c1-4-6-7-8-9-10-11-12-13-14-17-22-18-15-16-19(3)21(22)24-20(23)5-2/h5,15-16,18H,2,4,6-14,17H2,1,3H3/q+1. The van der Waals surface area contributed by atoms with Crippen LogP contribution < -0.4 is 9.30 Å². The van der Waals surface area contributed by atoms with E-state index >= 15 is 0 Å². The highest BCUT2D eigenvalue weighted by Gasteiger charge is 2.17. The van der Waals surface area contributed by atoms with Crippen molar-refractivity contribution >= 4 is 5.97 Å². The minimum Gasteiger partial charge on any atom is -0.367 e. The van der Waals surface area contributed by atoms with Crippen LogP contribution in [0.3, 0.4) is 0 Å². The van der Waals surface area contributed by atoms with Crippen LogP contribution in [0.4, 0.5) is 0 Å². The molecule has 24 heavy (non-hydrogen) atoms. The van der Waals surface area contributed by atoms with Crippen molar-refractivity contribution < 1.29 is 14.1 Å². The highest BCUT2D eigenvalue weighted by molar-refractivity contribution is 5.83. The van der Waals surface area contributed by atoms with Gasteiger partial charge in [0.15, 0.2) is 12.7 Å². The molecule has 134 valence electrons. The van der Waals surface area contributed by atoms with Crippen LogP contribution >= 0.6 is 0 Å². The van der Waals surface area contributed by atoms with Gasteiger partial charge in [-0.05, 0) is 19.4 Å². The molecule has 0 aliphatic rings. The first kappa shape index (κ1) is 20.4. The summed E-state index contributed by atoms with van der Waals surface area (Å²) in [4.78, 5) is 11.5. The van der Waals surface area contributed by atoms with Gasteiger partial charge in [0.25, 0.3) is 0 Å². The van der Waals surface area contributed by atoms with Crippen LogP contribution in [0.2, 0.25) is 0 Å². The summed E-state index contributed by atoms with van der Waals surface area (Å²) in [7, 11) is 0. The van der Waals surface area contributed by atoms with Crippen molar-refractivity contribution in [2.75, 3.05) is 0 Å². The van der Waals surface area contributed by atoms with Crippen molar-refractivity contribution in [1.29, 1.82) is 0 Å². The number of carbonyl (C=O) groups excluding carboxylic acids is 1. The predicted molar refractivity (Wildman–Crippen MR) is 99.1 cm³/mol. The van der Waals surface area contributed by atoms with E-state index in [1.807, 2.05) is 29.8 Å². The number of ether oxygens (including phenoxy) is 1. The van der Waals surface area contributed by atoms with Crippen LogP contribution in [0, 0.1) is 6.92 Å². The quantitative estimate of drug-likeness (QED) is 0.212. The molecule has 0 bridgehead atoms. The zero-order valence-corrected chi connectivity index (χ0v) is 15.6. The Balaban J connectivity index is 2.24. The maximum atomic E-state index is 11.5. The van der Waals surface area contributed by atoms with Crippen LogP contribution in [-0.4, -0.2) is 5.97 Å². The molecule has 3 nitrogen and oxygen atoms in total. The van der Waals surface area contributed by atoms with Gasteiger partial charge in [0, 0.05) is 18.6 Å². The summed E-state index contributed by atoms with van der Waals surface area (Å²) in [6, 6.07) is 3.96. The first-order valence-electron chi connectivity index (χ1n) is 9.52. The number of nitrogens with zero attached hydrogens (tertiary/aromatic N) is 1. The molecular formula is C21H34NO2+. The van der Waals surface area contributed by atoms with Crippen molar-refractivity contribution in [3.63, 3.8) is 0 Å². The number of aromatic nitrogens is 1. The van der Waals surface area contributed by atoms with E-state index in [1.54, 1.807) is 0 Å². The van der Waals surface area contributed by atoms with E-state index in [1.165, 1.54) is 63.9 Å². The van der Waals surface area contributed by atoms with Gasteiger partial charge in [-0.15, -0.1) is 0 Å². The number of carbonyl (C=O) groups is 1. The van der Waals surface area contributed by atoms with Crippen LogP contribution in [0.25, 0.3) is 0 Å². The largest absolute Gasteiger partial charge is 0.378 e. The van der Waals surface area contributed by atoms with E-state index in [-0.39, 0.29) is 0 Å². The van der Waals surface area contributed by atoms with Crippen LogP contribution in [0.1, 0.15) is 76.7 Å². The van der Waals surface area contributed by atoms with E-state index in [4.69, 9.17) is 4.74 Å². The normalized spacial score (nSPS) is 10.6. The molecule has 0 aliphatic heterocycles. The van der Waals surface area contributed by atoms with Gasteiger partial charge in [-0.1, -0.05) is 64.9 Å². The summed E-state index contributed by atoms with van der Waals surface area (Å²) in [5.74, 6) is 0.236. The van der Waals surface area contributed by atoms with Crippen molar-refractivity contribution in [2.24, 2.45) is 0 Å². The third-order valence-electron chi connectivity index (χ3n) is 4.33. The number of hydrogen-bond acceptors (Lipinski definition) is 2. The molecule has 1 heterocycles. The molecular weight excluding hydrogens is 298 g/mol. The number of pyridine rings is 1. The minimum atomic E-state index is -0.402. The summed E-state index contributed by atoms with van der Waals surface area (Å²) in [5, 5.41) is 0. The molecule has 1 rings (SSSR count). The Morgan fingerprint density at radius 3 is 2.25 bits per heavy atom. The average molecular weight is 333 g/mol. The summed E-state index contributed by atoms with van der Waals surface area (Å²) in [5.41, 5.74) is 0.972. The van der Waals surface area contributed by atoms with E-state index in [2.05, 4.69) is 13.5 Å². The lowest BCUT2D eigenvalue weighted by Gasteiger charge is -2.06. The van der Waals surface area contributed by atoms with Gasteiger partial charge in [-0.3, -0.25) is 0 Å². The molecule has 0 aliphatic carbocycles. The van der Waals surface area contributed by atoms with Gasteiger partial charge in [0.05, 0.1) is 5.56 Å². The van der Waals surface area contributed by atoms with Crippen molar-refractivity contribution in [3.8, 4) is 5.88 Å². The molecule has 0 fully saturated rings. The summed E-state index contributed by atoms with van der Waals surface area (Å²) < 4.78 is 7.40. The first-order valence-corrected chi connectivity index (χ1v) is 9.52. The van der Waals surface area contributed by atoms with Crippen LogP contribution in [0.5, 0.6) is 5.88 Å². The molecule has 1 aromatic heterocycles. The van der Waals surface area contributed by atoms with Gasteiger partial charge in [0.2, 0.25) is 0 Å². The Bertz CT molecular complexity index is 497. The van der Waals surface area contributed by atoms with Crippen LogP contribution in [0.15, 0.2) is 31.0 Å². The molecule has 0 radical (unpaired) electrons. The molecule has 0 saturated carbocycles. The van der Waals surface area contributed by atoms with Gasteiger partial charge in [-0.25, -0.2) is 4.79 Å². The maximum absolute atomic E-state index is 11.5. The lowest BCUT2D eigenvalue weighted by atomic mass is 10.1. The molecule has 1 aromatic rings. The molecule has 0 N–H and O–H groups in total. The molecule has 3 heteroatoms. The number of aryl methyl sites for hydroxylation is 2. The number of unbranched alkanes of at least 4 members (excludes halogenated alkanes) is 9. The second kappa shape index (κ2) is 12.7. The minimum absolute atomic E-state index is 0.402. The second-order valence-electron chi connectivity index (χ2n) is 6.50. The van der Waals surface area contributed by atoms with E-state index in [0.717, 1.165) is 18.5 Å². The third kappa shape index (κ3) is 8.28. The molecule has 0 atom stereocenters. The number of hydrogen-bond donors (Lipinski definition) is 0. The maximum Gasteiger partial charge on any atom is 0.378 e. The Morgan fingerprint density at radius 2 is 1.67 bits per heavy atom. The van der Waals surface area contributed by atoms with Gasteiger partial charge in [-0.2, -0.15) is 4.57 Å². The molecule has 0 unspecified atom stereocenters. The van der Waals surface area contributed by atoms with Crippen molar-refractivity contribution in [3.05, 3.63) is 36.5 Å². The summed E-state index contributed by atoms with van der Waals surface area (Å²) >= 11 is 0. The third-order valence-corrected chi connectivity index (χ3v) is 4.33. The van der Waals surface area contributed by atoms with E-state index in [0.29, 0.717) is 5.88 Å². The lowest BCUT2D eigenvalue weighted by molar-refractivity contribution is -0.701. The second-order valence-corrected chi connectivity index (χ2v) is 6.50. The summed E-state index contributed by atoms with van der Waals surface area (Å²) in [6.07, 6.45) is 16.4. The number of rotatable bonds is 13. The highest BCUT2D eigenvalue weighted by atomic mass is 16.5. The molecule has 0 saturated heterocycles. The van der Waals surface area contributed by atoms with Crippen molar-refractivity contribution in [2.45, 2.75) is 84.6 Å². The smallest absolute Gasteiger partial charge is 0.367 e. The highest BCUT2D eigenvalue weighted by Crippen LogP contribution is 2.13. The van der Waals surface area contributed by atoms with E-state index < -0.39 is 5.97 Å². The Labute approximate surface area is 147 Å². The Kier molecular flexibility index (Phi) is 10.8. The monoisotopic (exact) mass is 332 g/mol. The molecule has 0 spiro atoms. The average Bonchev–Trinajstić information content (AvgIpc) is 2.59. The van der Waals surface area contributed by atoms with E-state index in [9.17, 15) is 4.79 Å². The first-order chi connectivity index (χ1) is 11.7. The molecule has 0 aromatic carbocycles. The Hall–Kier alpha value is -1.64. The number of esters is 1. The van der Waals surface area contributed by atoms with Crippen molar-refractivity contribution in [1.82, 2.24) is 0 Å². The zero-order valence-electron chi connectivity index (χ0n) is 15.6. The fourth-order valence-corrected chi connectivity index (χ4v) is 2.88. The van der Waals surface area contributed by atoms with Gasteiger partial charge in [0.1, 0.15) is 0 Å². The fourth-order valence-electron chi connectivity index (χ4n) is 2.88. The summed E-state index contributed by atoms with van der Waals surface area (Å²) in [6.45, 7) is 8.57. The lowest BCUT2D eigenvalue weighted by Crippen LogP contribution is -2.37. The Morgan fingerprint density at radius 1 is 1.08 bits per heavy atom. The topological polar surface area (TPSA) is 30.2 Å². The predicted octanol–water partition coefficient (Wildman–Crippen LogP) is 5.29. The SMILES string of the molecule is C=CC(=O)Oc1c(C)ccc[n+]1CCCCCCCCCCCC. The van der Waals surface area contributed by atoms with Gasteiger partial charge >= 0.3 is 11.8 Å².